The minimum absolute atomic E-state index is 0.0501. The van der Waals surface area contributed by atoms with E-state index in [0.29, 0.717) is 0 Å². The second kappa shape index (κ2) is 8.12. The van der Waals surface area contributed by atoms with Crippen molar-refractivity contribution >= 4 is 17.9 Å². The molecular formula is C17H15F3N4O5. The summed E-state index contributed by atoms with van der Waals surface area (Å²) in [6, 6.07) is 3.91. The van der Waals surface area contributed by atoms with E-state index in [9.17, 15) is 32.3 Å². The Morgan fingerprint density at radius 3 is 2.48 bits per heavy atom. The molecule has 0 aliphatic rings. The number of nitrogens with two attached hydrogens (primary N) is 1. The van der Waals surface area contributed by atoms with Crippen LogP contribution in [0.3, 0.4) is 0 Å². The number of imide groups is 1. The van der Waals surface area contributed by atoms with Crippen LogP contribution in [0.25, 0.3) is 5.69 Å². The molecule has 3 N–H and O–H groups in total. The van der Waals surface area contributed by atoms with E-state index in [0.717, 1.165) is 35.9 Å². The molecule has 2 rings (SSSR count). The van der Waals surface area contributed by atoms with Gasteiger partial charge in [0.05, 0.1) is 11.3 Å². The number of nitrogens with one attached hydrogen (secondary N) is 1. The first-order valence-corrected chi connectivity index (χ1v) is 8.00. The lowest BCUT2D eigenvalue weighted by Gasteiger charge is -2.14. The Balaban J connectivity index is 2.39. The van der Waals surface area contributed by atoms with Gasteiger partial charge in [-0.15, -0.1) is 0 Å². The zero-order valence-corrected chi connectivity index (χ0v) is 15.1. The van der Waals surface area contributed by atoms with Crippen molar-refractivity contribution in [1.29, 1.82) is 0 Å². The van der Waals surface area contributed by atoms with E-state index in [4.69, 9.17) is 10.5 Å². The molecule has 0 spiro atoms. The fraction of sp³-hybridized carbons (Fsp3) is 0.235. The minimum atomic E-state index is -4.60. The average molecular weight is 412 g/mol. The topological polar surface area (TPSA) is 133 Å². The highest BCUT2D eigenvalue weighted by atomic mass is 19.4. The number of alkyl halides is 3. The van der Waals surface area contributed by atoms with Gasteiger partial charge in [-0.2, -0.15) is 18.3 Å². The first-order chi connectivity index (χ1) is 13.4. The Kier molecular flexibility index (Phi) is 6.05. The quantitative estimate of drug-likeness (QED) is 0.727. The largest absolute Gasteiger partial charge is 0.448 e. The van der Waals surface area contributed by atoms with Gasteiger partial charge in [-0.1, -0.05) is 6.07 Å². The van der Waals surface area contributed by atoms with E-state index < -0.39 is 46.9 Å². The normalized spacial score (nSPS) is 12.2. The molecule has 1 atom stereocenters. The predicted octanol–water partition coefficient (Wildman–Crippen LogP) is 1.30. The van der Waals surface area contributed by atoms with Crippen molar-refractivity contribution in [3.8, 4) is 5.69 Å². The molecule has 0 aliphatic heterocycles. The second-order valence-electron chi connectivity index (χ2n) is 5.86. The van der Waals surface area contributed by atoms with Crippen LogP contribution in [0.15, 0.2) is 35.1 Å². The molecule has 0 fully saturated rings. The van der Waals surface area contributed by atoms with Crippen molar-refractivity contribution in [3.63, 3.8) is 0 Å². The Hall–Kier alpha value is -3.70. The molecule has 0 unspecified atom stereocenters. The molecule has 0 radical (unpaired) electrons. The highest BCUT2D eigenvalue weighted by molar-refractivity contribution is 5.97. The van der Waals surface area contributed by atoms with E-state index in [1.807, 2.05) is 0 Å². The number of ether oxygens (including phenoxy) is 1. The highest BCUT2D eigenvalue weighted by Crippen LogP contribution is 2.30. The molecule has 0 aliphatic carbocycles. The number of nitrogens with zero attached hydrogens (tertiary/aromatic N) is 2. The number of rotatable bonds is 4. The fourth-order valence-electron chi connectivity index (χ4n) is 2.26. The molecule has 1 aromatic carbocycles. The monoisotopic (exact) mass is 412 g/mol. The number of carbonyl (C=O) groups excluding carboxylic acids is 3. The number of esters is 1. The minimum Gasteiger partial charge on any atom is -0.448 e. The Labute approximate surface area is 161 Å². The zero-order chi connectivity index (χ0) is 21.9. The summed E-state index contributed by atoms with van der Waals surface area (Å²) in [4.78, 5) is 46.5. The fourth-order valence-corrected chi connectivity index (χ4v) is 2.26. The Morgan fingerprint density at radius 1 is 1.24 bits per heavy atom. The lowest BCUT2D eigenvalue weighted by molar-refractivity contribution is -0.137. The SMILES string of the molecule is Cc1cc(=O)c(C(=O)O[C@@H](C)C(=O)NC(N)=O)nn1-c1cccc(C(F)(F)F)c1. The maximum atomic E-state index is 12.9. The van der Waals surface area contributed by atoms with Crippen molar-refractivity contribution < 1.29 is 32.3 Å². The summed E-state index contributed by atoms with van der Waals surface area (Å²) >= 11 is 0. The summed E-state index contributed by atoms with van der Waals surface area (Å²) in [6.07, 6.45) is -6.09. The molecule has 0 saturated heterocycles. The highest BCUT2D eigenvalue weighted by Gasteiger charge is 2.31. The molecule has 154 valence electrons. The number of amides is 3. The van der Waals surface area contributed by atoms with Crippen LogP contribution in [0.1, 0.15) is 28.7 Å². The van der Waals surface area contributed by atoms with Gasteiger partial charge in [-0.3, -0.25) is 14.9 Å². The van der Waals surface area contributed by atoms with Crippen LogP contribution in [-0.2, 0) is 15.7 Å². The Morgan fingerprint density at radius 2 is 1.90 bits per heavy atom. The van der Waals surface area contributed by atoms with E-state index in [1.165, 1.54) is 13.0 Å². The molecule has 1 aromatic heterocycles. The van der Waals surface area contributed by atoms with E-state index in [-0.39, 0.29) is 11.4 Å². The molecule has 12 heteroatoms. The van der Waals surface area contributed by atoms with E-state index in [1.54, 1.807) is 5.32 Å². The van der Waals surface area contributed by atoms with Crippen molar-refractivity contribution in [2.75, 3.05) is 0 Å². The third kappa shape index (κ3) is 5.18. The van der Waals surface area contributed by atoms with Gasteiger partial charge in [0, 0.05) is 11.8 Å². The van der Waals surface area contributed by atoms with Crippen LogP contribution < -0.4 is 16.5 Å². The van der Waals surface area contributed by atoms with Crippen LogP contribution in [0.2, 0.25) is 0 Å². The van der Waals surface area contributed by atoms with Crippen LogP contribution in [0, 0.1) is 6.92 Å². The molecule has 0 saturated carbocycles. The summed E-state index contributed by atoms with van der Waals surface area (Å²) in [5.41, 5.74) is 2.32. The summed E-state index contributed by atoms with van der Waals surface area (Å²) in [5.74, 6) is -2.33. The molecule has 0 bridgehead atoms. The maximum Gasteiger partial charge on any atom is 0.416 e. The zero-order valence-electron chi connectivity index (χ0n) is 15.1. The number of halogens is 3. The number of carbonyl (C=O) groups is 3. The van der Waals surface area contributed by atoms with Gasteiger partial charge in [-0.05, 0) is 32.0 Å². The first-order valence-electron chi connectivity index (χ1n) is 8.00. The summed E-state index contributed by atoms with van der Waals surface area (Å²) in [5, 5.41) is 5.47. The van der Waals surface area contributed by atoms with Crippen molar-refractivity contribution in [1.82, 2.24) is 15.1 Å². The smallest absolute Gasteiger partial charge is 0.416 e. The molecule has 1 heterocycles. The van der Waals surface area contributed by atoms with E-state index >= 15 is 0 Å². The van der Waals surface area contributed by atoms with Crippen LogP contribution in [0.4, 0.5) is 18.0 Å². The molecule has 9 nitrogen and oxygen atoms in total. The van der Waals surface area contributed by atoms with Crippen LogP contribution in [-0.4, -0.2) is 33.8 Å². The predicted molar refractivity (Wildman–Crippen MR) is 92.2 cm³/mol. The van der Waals surface area contributed by atoms with Crippen LogP contribution in [0.5, 0.6) is 0 Å². The number of hydrogen-bond donors (Lipinski definition) is 2. The van der Waals surface area contributed by atoms with Gasteiger partial charge in [0.2, 0.25) is 11.1 Å². The van der Waals surface area contributed by atoms with Gasteiger partial charge in [0.15, 0.2) is 6.10 Å². The number of benzene rings is 1. The maximum absolute atomic E-state index is 12.9. The van der Waals surface area contributed by atoms with Gasteiger partial charge >= 0.3 is 18.2 Å². The van der Waals surface area contributed by atoms with Crippen molar-refractivity contribution in [3.05, 3.63) is 57.5 Å². The number of aryl methyl sites for hydroxylation is 1. The van der Waals surface area contributed by atoms with Gasteiger partial charge in [0.25, 0.3) is 5.91 Å². The Bertz CT molecular complexity index is 1030. The van der Waals surface area contributed by atoms with Crippen molar-refractivity contribution in [2.24, 2.45) is 5.73 Å². The van der Waals surface area contributed by atoms with Gasteiger partial charge in [0.1, 0.15) is 0 Å². The van der Waals surface area contributed by atoms with Gasteiger partial charge in [-0.25, -0.2) is 14.3 Å². The molecule has 2 aromatic rings. The number of urea groups is 1. The number of primary amides is 1. The van der Waals surface area contributed by atoms with E-state index in [2.05, 4.69) is 5.10 Å². The standard InChI is InChI=1S/C17H15F3N4O5/c1-8-6-12(25)13(15(27)29-9(2)14(26)22-16(21)28)23-24(8)11-5-3-4-10(7-11)17(18,19)20/h3-7,9H,1-2H3,(H3,21,22,26,28)/t9-/m0/s1. The lowest BCUT2D eigenvalue weighted by Crippen LogP contribution is -2.42. The third-order valence-electron chi connectivity index (χ3n) is 3.62. The van der Waals surface area contributed by atoms with Gasteiger partial charge < -0.3 is 10.5 Å². The summed E-state index contributed by atoms with van der Waals surface area (Å²) in [7, 11) is 0. The third-order valence-corrected chi connectivity index (χ3v) is 3.62. The lowest BCUT2D eigenvalue weighted by atomic mass is 10.2. The van der Waals surface area contributed by atoms with Crippen molar-refractivity contribution in [2.45, 2.75) is 26.1 Å². The summed E-state index contributed by atoms with van der Waals surface area (Å²) in [6.45, 7) is 2.53. The molecular weight excluding hydrogens is 397 g/mol. The summed E-state index contributed by atoms with van der Waals surface area (Å²) < 4.78 is 44.6. The molecule has 29 heavy (non-hydrogen) atoms. The number of hydrogen-bond acceptors (Lipinski definition) is 6. The van der Waals surface area contributed by atoms with Crippen LogP contribution >= 0.6 is 0 Å². The second-order valence-corrected chi connectivity index (χ2v) is 5.86. The number of aromatic nitrogens is 2. The average Bonchev–Trinajstić information content (AvgIpc) is 2.60. The molecule has 3 amide bonds. The first kappa shape index (κ1) is 21.6.